The lowest BCUT2D eigenvalue weighted by molar-refractivity contribution is 0.0748. The average Bonchev–Trinajstić information content (AvgIpc) is 2.76. The topological polar surface area (TPSA) is 53.6 Å². The average molecular weight is 282 g/mol. The SMILES string of the molecule is OP(O)C(F)(F)c1cccc2oc3ccccc3c12. The van der Waals surface area contributed by atoms with Gasteiger partial charge in [0.05, 0.1) is 0 Å². The molecule has 0 spiro atoms. The maximum absolute atomic E-state index is 13.9. The van der Waals surface area contributed by atoms with Crippen LogP contribution in [0.4, 0.5) is 8.78 Å². The molecule has 3 aromatic rings. The summed E-state index contributed by atoms with van der Waals surface area (Å²) in [5.74, 6) is 0. The van der Waals surface area contributed by atoms with Crippen LogP contribution < -0.4 is 0 Å². The maximum atomic E-state index is 13.9. The monoisotopic (exact) mass is 282 g/mol. The summed E-state index contributed by atoms with van der Waals surface area (Å²) in [4.78, 5) is 17.9. The molecular formula is C13H9F2O3P. The van der Waals surface area contributed by atoms with Gasteiger partial charge in [0.1, 0.15) is 11.2 Å². The molecule has 0 unspecified atom stereocenters. The third-order valence-electron chi connectivity index (χ3n) is 2.98. The molecule has 2 aromatic carbocycles. The molecule has 3 nitrogen and oxygen atoms in total. The predicted octanol–water partition coefficient (Wildman–Crippen LogP) is 3.93. The zero-order chi connectivity index (χ0) is 13.6. The zero-order valence-corrected chi connectivity index (χ0v) is 10.4. The molecule has 3 rings (SSSR count). The minimum Gasteiger partial charge on any atom is -0.456 e. The van der Waals surface area contributed by atoms with E-state index in [4.69, 9.17) is 14.2 Å². The Kier molecular flexibility index (Phi) is 2.78. The van der Waals surface area contributed by atoms with E-state index in [1.54, 1.807) is 30.3 Å². The summed E-state index contributed by atoms with van der Waals surface area (Å²) in [6.07, 6.45) is 0. The molecule has 0 atom stereocenters. The first kappa shape index (κ1) is 12.5. The summed E-state index contributed by atoms with van der Waals surface area (Å²) in [6, 6.07) is 11.0. The largest absolute Gasteiger partial charge is 0.456 e. The van der Waals surface area contributed by atoms with Gasteiger partial charge in [0.2, 0.25) is 8.38 Å². The van der Waals surface area contributed by atoms with Gasteiger partial charge >= 0.3 is 5.66 Å². The van der Waals surface area contributed by atoms with Crippen LogP contribution in [0.25, 0.3) is 21.9 Å². The molecule has 98 valence electrons. The Labute approximate surface area is 108 Å². The Morgan fingerprint density at radius 3 is 2.37 bits per heavy atom. The van der Waals surface area contributed by atoms with Crippen molar-refractivity contribution in [2.45, 2.75) is 5.66 Å². The van der Waals surface area contributed by atoms with Crippen molar-refractivity contribution in [1.29, 1.82) is 0 Å². The van der Waals surface area contributed by atoms with Gasteiger partial charge in [-0.05, 0) is 12.1 Å². The van der Waals surface area contributed by atoms with Crippen molar-refractivity contribution in [2.75, 3.05) is 0 Å². The molecule has 2 N–H and O–H groups in total. The van der Waals surface area contributed by atoms with Gasteiger partial charge in [-0.25, -0.2) is 0 Å². The molecule has 0 aliphatic carbocycles. The molecule has 19 heavy (non-hydrogen) atoms. The first-order chi connectivity index (χ1) is 9.01. The summed E-state index contributed by atoms with van der Waals surface area (Å²) in [5, 5.41) is 0.753. The Morgan fingerprint density at radius 2 is 1.63 bits per heavy atom. The van der Waals surface area contributed by atoms with Crippen molar-refractivity contribution >= 4 is 30.3 Å². The Hall–Kier alpha value is -1.55. The van der Waals surface area contributed by atoms with Crippen LogP contribution in [0.2, 0.25) is 0 Å². The second-order valence-corrected chi connectivity index (χ2v) is 5.25. The number of furan rings is 1. The number of alkyl halides is 2. The lowest BCUT2D eigenvalue weighted by Crippen LogP contribution is -2.10. The van der Waals surface area contributed by atoms with E-state index < -0.39 is 19.6 Å². The lowest BCUT2D eigenvalue weighted by Gasteiger charge is -2.18. The van der Waals surface area contributed by atoms with Crippen LogP contribution in [0.1, 0.15) is 5.56 Å². The van der Waals surface area contributed by atoms with Crippen LogP contribution in [0.5, 0.6) is 0 Å². The quantitative estimate of drug-likeness (QED) is 0.700. The molecule has 6 heteroatoms. The number of hydrogen-bond donors (Lipinski definition) is 2. The van der Waals surface area contributed by atoms with Gasteiger partial charge in [-0.15, -0.1) is 0 Å². The van der Waals surface area contributed by atoms with Gasteiger partial charge in [-0.2, -0.15) is 8.78 Å². The third-order valence-corrected chi connectivity index (χ3v) is 3.72. The number of halogens is 2. The van der Waals surface area contributed by atoms with Crippen LogP contribution in [0, 0.1) is 0 Å². The second kappa shape index (κ2) is 4.23. The molecule has 0 bridgehead atoms. The van der Waals surface area contributed by atoms with Crippen LogP contribution in [-0.4, -0.2) is 9.79 Å². The summed E-state index contributed by atoms with van der Waals surface area (Å²) in [7, 11) is -3.40. The zero-order valence-electron chi connectivity index (χ0n) is 9.55. The smallest absolute Gasteiger partial charge is 0.340 e. The summed E-state index contributed by atoms with van der Waals surface area (Å²) < 4.78 is 33.3. The van der Waals surface area contributed by atoms with Gasteiger partial charge in [0, 0.05) is 16.3 Å². The Morgan fingerprint density at radius 1 is 0.947 bits per heavy atom. The van der Waals surface area contributed by atoms with E-state index in [9.17, 15) is 8.78 Å². The molecule has 0 aliphatic rings. The molecule has 0 amide bonds. The van der Waals surface area contributed by atoms with Crippen molar-refractivity contribution in [3.8, 4) is 0 Å². The first-order valence-corrected chi connectivity index (χ1v) is 6.73. The molecule has 1 heterocycles. The van der Waals surface area contributed by atoms with E-state index in [1.807, 2.05) is 0 Å². The van der Waals surface area contributed by atoms with Gasteiger partial charge in [-0.1, -0.05) is 30.3 Å². The molecule has 1 aromatic heterocycles. The fraction of sp³-hybridized carbons (Fsp3) is 0.0769. The summed E-state index contributed by atoms with van der Waals surface area (Å²) >= 11 is 0. The Bertz CT molecular complexity index is 752. The summed E-state index contributed by atoms with van der Waals surface area (Å²) in [6.45, 7) is 0. The van der Waals surface area contributed by atoms with Crippen molar-refractivity contribution in [2.24, 2.45) is 0 Å². The van der Waals surface area contributed by atoms with Crippen LogP contribution in [0.15, 0.2) is 46.9 Å². The highest BCUT2D eigenvalue weighted by molar-refractivity contribution is 7.46. The van der Waals surface area contributed by atoms with E-state index in [0.717, 1.165) is 0 Å². The number of rotatable bonds is 2. The molecular weight excluding hydrogens is 273 g/mol. The minimum atomic E-state index is -3.69. The van der Waals surface area contributed by atoms with E-state index >= 15 is 0 Å². The lowest BCUT2D eigenvalue weighted by atomic mass is 10.1. The second-order valence-electron chi connectivity index (χ2n) is 4.11. The van der Waals surface area contributed by atoms with E-state index in [0.29, 0.717) is 16.6 Å². The first-order valence-electron chi connectivity index (χ1n) is 5.48. The third kappa shape index (κ3) is 1.82. The molecule has 0 saturated carbocycles. The summed E-state index contributed by atoms with van der Waals surface area (Å²) in [5.41, 5.74) is -3.33. The Balaban J connectivity index is 2.43. The minimum absolute atomic E-state index is 0.221. The fourth-order valence-electron chi connectivity index (χ4n) is 2.13. The maximum Gasteiger partial charge on any atom is 0.340 e. The van der Waals surface area contributed by atoms with E-state index in [1.165, 1.54) is 12.1 Å². The predicted molar refractivity (Wildman–Crippen MR) is 69.0 cm³/mol. The highest BCUT2D eigenvalue weighted by Gasteiger charge is 2.42. The van der Waals surface area contributed by atoms with E-state index in [-0.39, 0.29) is 5.39 Å². The normalized spacial score (nSPS) is 12.7. The number of benzene rings is 2. The van der Waals surface area contributed by atoms with Gasteiger partial charge in [-0.3, -0.25) is 0 Å². The standard InChI is InChI=1S/C13H9F2O3P/c14-13(15,19(16)17)9-5-3-7-11-12(9)8-4-1-2-6-10(8)18-11/h1-7,16-17H. The van der Waals surface area contributed by atoms with Crippen LogP contribution in [0.3, 0.4) is 0 Å². The molecule has 0 aliphatic heterocycles. The fourth-order valence-corrected chi connectivity index (χ4v) is 2.53. The number of fused-ring (bicyclic) bond motifs is 3. The molecule has 0 saturated heterocycles. The highest BCUT2D eigenvalue weighted by Crippen LogP contribution is 2.54. The number of para-hydroxylation sites is 1. The molecule has 0 radical (unpaired) electrons. The van der Waals surface area contributed by atoms with Crippen molar-refractivity contribution in [1.82, 2.24) is 0 Å². The van der Waals surface area contributed by atoms with Gasteiger partial charge in [0.25, 0.3) is 0 Å². The van der Waals surface area contributed by atoms with Crippen LogP contribution in [-0.2, 0) is 5.66 Å². The van der Waals surface area contributed by atoms with Crippen molar-refractivity contribution in [3.63, 3.8) is 0 Å². The molecule has 0 fully saturated rings. The van der Waals surface area contributed by atoms with Gasteiger partial charge in [0.15, 0.2) is 0 Å². The van der Waals surface area contributed by atoms with Crippen molar-refractivity contribution < 1.29 is 23.0 Å². The van der Waals surface area contributed by atoms with Gasteiger partial charge < -0.3 is 14.2 Å². The van der Waals surface area contributed by atoms with Crippen molar-refractivity contribution in [3.05, 3.63) is 48.0 Å². The highest BCUT2D eigenvalue weighted by atomic mass is 31.2. The number of hydrogen-bond acceptors (Lipinski definition) is 3. The van der Waals surface area contributed by atoms with E-state index in [2.05, 4.69) is 0 Å². The van der Waals surface area contributed by atoms with Crippen LogP contribution >= 0.6 is 8.38 Å².